The minimum absolute atomic E-state index is 0.224. The van der Waals surface area contributed by atoms with Crippen molar-refractivity contribution in [2.45, 2.75) is 19.9 Å². The first-order chi connectivity index (χ1) is 9.79. The molecule has 1 N–H and O–H groups in total. The van der Waals surface area contributed by atoms with E-state index in [1.165, 1.54) is 5.56 Å². The van der Waals surface area contributed by atoms with Crippen LogP contribution in [0.4, 0.5) is 0 Å². The highest BCUT2D eigenvalue weighted by Gasteiger charge is 2.20. The smallest absolute Gasteiger partial charge is 0.236 e. The highest BCUT2D eigenvalue weighted by Crippen LogP contribution is 2.07. The standard InChI is InChI=1S/C15H24N4O/c1-2-5-17-12-15(20)19-10-8-18(9-11-19)13-14-3-6-16-7-4-14/h3-4,6-7,17H,2,5,8-13H2,1H3. The second-order valence-corrected chi connectivity index (χ2v) is 5.19. The molecule has 1 fully saturated rings. The second-order valence-electron chi connectivity index (χ2n) is 5.19. The zero-order valence-electron chi connectivity index (χ0n) is 12.2. The van der Waals surface area contributed by atoms with Gasteiger partial charge in [-0.2, -0.15) is 0 Å². The molecule has 0 saturated carbocycles. The molecule has 1 saturated heterocycles. The van der Waals surface area contributed by atoms with Gasteiger partial charge in [-0.25, -0.2) is 0 Å². The monoisotopic (exact) mass is 276 g/mol. The lowest BCUT2D eigenvalue weighted by Crippen LogP contribution is -2.50. The summed E-state index contributed by atoms with van der Waals surface area (Å²) >= 11 is 0. The number of piperazine rings is 1. The third kappa shape index (κ3) is 4.58. The van der Waals surface area contributed by atoms with Crippen LogP contribution < -0.4 is 5.32 Å². The molecule has 1 amide bonds. The van der Waals surface area contributed by atoms with Crippen molar-refractivity contribution in [3.8, 4) is 0 Å². The highest BCUT2D eigenvalue weighted by molar-refractivity contribution is 5.78. The third-order valence-electron chi connectivity index (χ3n) is 3.58. The van der Waals surface area contributed by atoms with E-state index in [-0.39, 0.29) is 5.91 Å². The van der Waals surface area contributed by atoms with Crippen LogP contribution in [-0.2, 0) is 11.3 Å². The third-order valence-corrected chi connectivity index (χ3v) is 3.58. The maximum atomic E-state index is 12.0. The Labute approximate surface area is 121 Å². The average molecular weight is 276 g/mol. The van der Waals surface area contributed by atoms with Gasteiger partial charge in [-0.15, -0.1) is 0 Å². The van der Waals surface area contributed by atoms with Gasteiger partial charge in [0.2, 0.25) is 5.91 Å². The number of nitrogens with zero attached hydrogens (tertiary/aromatic N) is 3. The highest BCUT2D eigenvalue weighted by atomic mass is 16.2. The van der Waals surface area contributed by atoms with Crippen molar-refractivity contribution in [1.82, 2.24) is 20.1 Å². The first-order valence-electron chi connectivity index (χ1n) is 7.39. The summed E-state index contributed by atoms with van der Waals surface area (Å²) in [6.07, 6.45) is 4.72. The molecule has 2 rings (SSSR count). The molecule has 1 aliphatic heterocycles. The SMILES string of the molecule is CCCNCC(=O)N1CCN(Cc2ccncc2)CC1. The van der Waals surface area contributed by atoms with E-state index in [0.29, 0.717) is 6.54 Å². The zero-order valence-corrected chi connectivity index (χ0v) is 12.2. The van der Waals surface area contributed by atoms with Crippen LogP contribution >= 0.6 is 0 Å². The predicted molar refractivity (Wildman–Crippen MR) is 79.3 cm³/mol. The number of pyridine rings is 1. The fourth-order valence-corrected chi connectivity index (χ4v) is 2.39. The van der Waals surface area contributed by atoms with Crippen LogP contribution in [0, 0.1) is 0 Å². The Hall–Kier alpha value is -1.46. The normalized spacial score (nSPS) is 16.4. The van der Waals surface area contributed by atoms with Crippen molar-refractivity contribution in [2.24, 2.45) is 0 Å². The molecule has 110 valence electrons. The molecule has 5 heteroatoms. The Balaban J connectivity index is 1.71. The van der Waals surface area contributed by atoms with Gasteiger partial charge in [-0.05, 0) is 30.7 Å². The molecule has 0 bridgehead atoms. The summed E-state index contributed by atoms with van der Waals surface area (Å²) in [7, 11) is 0. The minimum Gasteiger partial charge on any atom is -0.339 e. The van der Waals surface area contributed by atoms with Crippen LogP contribution in [0.2, 0.25) is 0 Å². The largest absolute Gasteiger partial charge is 0.339 e. The zero-order chi connectivity index (χ0) is 14.2. The lowest BCUT2D eigenvalue weighted by molar-refractivity contribution is -0.132. The van der Waals surface area contributed by atoms with Crippen LogP contribution in [0.15, 0.2) is 24.5 Å². The molecule has 0 aromatic carbocycles. The molecule has 20 heavy (non-hydrogen) atoms. The van der Waals surface area contributed by atoms with Crippen molar-refractivity contribution < 1.29 is 4.79 Å². The van der Waals surface area contributed by atoms with Gasteiger partial charge in [-0.3, -0.25) is 14.7 Å². The van der Waals surface area contributed by atoms with Gasteiger partial charge in [-0.1, -0.05) is 6.92 Å². The van der Waals surface area contributed by atoms with Crippen molar-refractivity contribution in [2.75, 3.05) is 39.3 Å². The number of nitrogens with one attached hydrogen (secondary N) is 1. The number of rotatable bonds is 6. The van der Waals surface area contributed by atoms with Crippen LogP contribution in [0.1, 0.15) is 18.9 Å². The van der Waals surface area contributed by atoms with Crippen molar-refractivity contribution in [1.29, 1.82) is 0 Å². The second kappa shape index (κ2) is 7.97. The topological polar surface area (TPSA) is 48.5 Å². The van der Waals surface area contributed by atoms with E-state index in [9.17, 15) is 4.79 Å². The first-order valence-corrected chi connectivity index (χ1v) is 7.39. The van der Waals surface area contributed by atoms with Crippen LogP contribution in [0.3, 0.4) is 0 Å². The number of carbonyl (C=O) groups is 1. The van der Waals surface area contributed by atoms with Gasteiger partial charge in [0.05, 0.1) is 6.54 Å². The molecule has 0 atom stereocenters. The Kier molecular flexibility index (Phi) is 5.95. The van der Waals surface area contributed by atoms with Crippen molar-refractivity contribution in [3.05, 3.63) is 30.1 Å². The summed E-state index contributed by atoms with van der Waals surface area (Å²) in [6.45, 7) is 7.99. The van der Waals surface area contributed by atoms with Crippen molar-refractivity contribution in [3.63, 3.8) is 0 Å². The van der Waals surface area contributed by atoms with E-state index in [1.807, 2.05) is 29.4 Å². The van der Waals surface area contributed by atoms with Crippen LogP contribution in [-0.4, -0.2) is 60.0 Å². The Bertz CT molecular complexity index is 402. The van der Waals surface area contributed by atoms with E-state index in [1.54, 1.807) is 0 Å². The summed E-state index contributed by atoms with van der Waals surface area (Å²) in [5.41, 5.74) is 1.28. The van der Waals surface area contributed by atoms with Gasteiger partial charge in [0.1, 0.15) is 0 Å². The summed E-state index contributed by atoms with van der Waals surface area (Å²) in [6, 6.07) is 4.10. The molecule has 0 spiro atoms. The van der Waals surface area contributed by atoms with Gasteiger partial charge >= 0.3 is 0 Å². The van der Waals surface area contributed by atoms with Gasteiger partial charge in [0.15, 0.2) is 0 Å². The lowest BCUT2D eigenvalue weighted by Gasteiger charge is -2.34. The van der Waals surface area contributed by atoms with E-state index in [0.717, 1.165) is 45.7 Å². The fourth-order valence-electron chi connectivity index (χ4n) is 2.39. The average Bonchev–Trinajstić information content (AvgIpc) is 2.49. The van der Waals surface area contributed by atoms with Crippen LogP contribution in [0.5, 0.6) is 0 Å². The van der Waals surface area contributed by atoms with Gasteiger partial charge in [0.25, 0.3) is 0 Å². The molecular weight excluding hydrogens is 252 g/mol. The van der Waals surface area contributed by atoms with Gasteiger partial charge < -0.3 is 10.2 Å². The molecular formula is C15H24N4O. The molecule has 1 aliphatic rings. The first kappa shape index (κ1) is 14.9. The van der Waals surface area contributed by atoms with Crippen molar-refractivity contribution >= 4 is 5.91 Å². The molecule has 0 aliphatic carbocycles. The molecule has 1 aromatic heterocycles. The number of aromatic nitrogens is 1. The summed E-state index contributed by atoms with van der Waals surface area (Å²) in [5, 5.41) is 3.17. The van der Waals surface area contributed by atoms with E-state index < -0.39 is 0 Å². The summed E-state index contributed by atoms with van der Waals surface area (Å²) in [4.78, 5) is 20.4. The molecule has 0 radical (unpaired) electrons. The molecule has 1 aromatic rings. The maximum Gasteiger partial charge on any atom is 0.236 e. The number of hydrogen-bond donors (Lipinski definition) is 1. The lowest BCUT2D eigenvalue weighted by atomic mass is 10.2. The van der Waals surface area contributed by atoms with Gasteiger partial charge in [0, 0.05) is 45.1 Å². The predicted octanol–water partition coefficient (Wildman–Crippen LogP) is 0.725. The van der Waals surface area contributed by atoms with E-state index >= 15 is 0 Å². The molecule has 5 nitrogen and oxygen atoms in total. The number of amides is 1. The maximum absolute atomic E-state index is 12.0. The summed E-state index contributed by atoms with van der Waals surface area (Å²) in [5.74, 6) is 0.224. The Morgan fingerprint density at radius 3 is 2.60 bits per heavy atom. The molecule has 2 heterocycles. The molecule has 0 unspecified atom stereocenters. The van der Waals surface area contributed by atoms with Crippen LogP contribution in [0.25, 0.3) is 0 Å². The number of carbonyl (C=O) groups excluding carboxylic acids is 1. The van der Waals surface area contributed by atoms with E-state index in [2.05, 4.69) is 22.1 Å². The quantitative estimate of drug-likeness (QED) is 0.778. The number of hydrogen-bond acceptors (Lipinski definition) is 4. The minimum atomic E-state index is 0.224. The summed E-state index contributed by atoms with van der Waals surface area (Å²) < 4.78 is 0. The fraction of sp³-hybridized carbons (Fsp3) is 0.600. The Morgan fingerprint density at radius 1 is 1.25 bits per heavy atom. The Morgan fingerprint density at radius 2 is 1.95 bits per heavy atom. The van der Waals surface area contributed by atoms with E-state index in [4.69, 9.17) is 0 Å².